The molecular weight excluding hydrogens is 392 g/mol. The Kier molecular flexibility index (Phi) is 5.32. The molecule has 5 heteroatoms. The first kappa shape index (κ1) is 19.7. The van der Waals surface area contributed by atoms with E-state index in [-0.39, 0.29) is 11.0 Å². The fraction of sp³-hybridized carbons (Fsp3) is 0.440. The Hall–Kier alpha value is -2.27. The predicted octanol–water partition coefficient (Wildman–Crippen LogP) is 5.81. The van der Waals surface area contributed by atoms with Crippen LogP contribution in [0.15, 0.2) is 57.0 Å². The Balaban J connectivity index is 1.72. The average Bonchev–Trinajstić information content (AvgIpc) is 3.43. The quantitative estimate of drug-likeness (QED) is 0.287. The van der Waals surface area contributed by atoms with Gasteiger partial charge in [-0.15, -0.1) is 0 Å². The van der Waals surface area contributed by atoms with E-state index in [1.807, 2.05) is 16.7 Å². The molecule has 1 aromatic carbocycles. The van der Waals surface area contributed by atoms with Crippen LogP contribution in [0.5, 0.6) is 0 Å². The topological polar surface area (TPSA) is 48.0 Å². The van der Waals surface area contributed by atoms with Gasteiger partial charge in [0.2, 0.25) is 0 Å². The summed E-state index contributed by atoms with van der Waals surface area (Å²) in [6, 6.07) is 12.4. The zero-order chi connectivity index (χ0) is 20.6. The van der Waals surface area contributed by atoms with E-state index in [0.717, 1.165) is 65.6 Å². The van der Waals surface area contributed by atoms with Gasteiger partial charge in [-0.3, -0.25) is 9.36 Å². The van der Waals surface area contributed by atoms with Gasteiger partial charge in [0.05, 0.1) is 24.1 Å². The maximum Gasteiger partial charge on any atom is 0.258 e. The van der Waals surface area contributed by atoms with E-state index in [1.165, 1.54) is 18.4 Å². The minimum absolute atomic E-state index is 0.0642. The van der Waals surface area contributed by atoms with Gasteiger partial charge in [0, 0.05) is 16.7 Å². The summed E-state index contributed by atoms with van der Waals surface area (Å²) in [6.07, 6.45) is 9.40. The molecule has 0 aliphatic heterocycles. The van der Waals surface area contributed by atoms with Crippen LogP contribution in [0.25, 0.3) is 11.3 Å². The molecular formula is C25H28N2O2S. The summed E-state index contributed by atoms with van der Waals surface area (Å²) < 4.78 is 7.46. The van der Waals surface area contributed by atoms with Gasteiger partial charge in [0.1, 0.15) is 5.76 Å². The fourth-order valence-corrected chi connectivity index (χ4v) is 6.24. The highest BCUT2D eigenvalue weighted by Gasteiger charge is 2.44. The average molecular weight is 421 g/mol. The van der Waals surface area contributed by atoms with E-state index < -0.39 is 0 Å². The monoisotopic (exact) mass is 420 g/mol. The van der Waals surface area contributed by atoms with Crippen molar-refractivity contribution in [1.82, 2.24) is 9.55 Å². The molecule has 0 N–H and O–H groups in total. The summed E-state index contributed by atoms with van der Waals surface area (Å²) >= 11 is 1.70. The second kappa shape index (κ2) is 8.10. The van der Waals surface area contributed by atoms with Gasteiger partial charge in [-0.1, -0.05) is 62.2 Å². The number of unbranched alkanes of at least 4 members (excludes halogenated alkanes) is 1. The number of hydrogen-bond donors (Lipinski definition) is 0. The lowest BCUT2D eigenvalue weighted by Gasteiger charge is -2.36. The molecule has 5 rings (SSSR count). The van der Waals surface area contributed by atoms with Crippen molar-refractivity contribution in [2.24, 2.45) is 0 Å². The van der Waals surface area contributed by atoms with E-state index in [0.29, 0.717) is 6.54 Å². The second-order valence-electron chi connectivity index (χ2n) is 8.61. The zero-order valence-corrected chi connectivity index (χ0v) is 18.3. The van der Waals surface area contributed by atoms with Crippen molar-refractivity contribution in [3.05, 3.63) is 69.9 Å². The number of thioether (sulfide) groups is 1. The highest BCUT2D eigenvalue weighted by Crippen LogP contribution is 2.50. The van der Waals surface area contributed by atoms with Crippen molar-refractivity contribution in [2.45, 2.75) is 69.0 Å². The third-order valence-electron chi connectivity index (χ3n) is 6.65. The summed E-state index contributed by atoms with van der Waals surface area (Å²) in [6.45, 7) is 2.63. The largest absolute Gasteiger partial charge is 0.467 e. The third kappa shape index (κ3) is 3.33. The van der Waals surface area contributed by atoms with Crippen molar-refractivity contribution in [3.8, 4) is 11.3 Å². The molecule has 1 spiro atoms. The summed E-state index contributed by atoms with van der Waals surface area (Å²) in [7, 11) is 0. The van der Waals surface area contributed by atoms with Crippen LogP contribution < -0.4 is 5.56 Å². The standard InChI is InChI=1S/C25H28N2O2S/c1-2-3-15-30-24-26-22-20-11-5-4-9-18(20)16-25(12-6-7-13-25)21(22)23(28)27(24)17-19-10-8-14-29-19/h4-5,8-11,14H,2-3,6-7,12-13,15-17H2,1H3. The number of rotatable bonds is 6. The number of fused-ring (bicyclic) bond motifs is 4. The molecule has 4 nitrogen and oxygen atoms in total. The lowest BCUT2D eigenvalue weighted by atomic mass is 9.68. The minimum Gasteiger partial charge on any atom is -0.467 e. The molecule has 0 atom stereocenters. The molecule has 2 heterocycles. The normalized spacial score (nSPS) is 16.6. The molecule has 2 aromatic heterocycles. The molecule has 0 bridgehead atoms. The van der Waals surface area contributed by atoms with E-state index in [2.05, 4.69) is 31.2 Å². The van der Waals surface area contributed by atoms with E-state index in [4.69, 9.17) is 9.40 Å². The van der Waals surface area contributed by atoms with Crippen molar-refractivity contribution in [3.63, 3.8) is 0 Å². The first-order chi connectivity index (χ1) is 14.7. The summed E-state index contributed by atoms with van der Waals surface area (Å²) in [4.78, 5) is 19.2. The summed E-state index contributed by atoms with van der Waals surface area (Å²) in [5, 5.41) is 0.813. The van der Waals surface area contributed by atoms with Crippen LogP contribution in [0, 0.1) is 0 Å². The van der Waals surface area contributed by atoms with Gasteiger partial charge < -0.3 is 4.42 Å². The van der Waals surface area contributed by atoms with Crippen LogP contribution >= 0.6 is 11.8 Å². The fourth-order valence-electron chi connectivity index (χ4n) is 5.16. The number of aromatic nitrogens is 2. The Bertz CT molecular complexity index is 1090. The number of hydrogen-bond acceptors (Lipinski definition) is 4. The molecule has 2 aliphatic rings. The van der Waals surface area contributed by atoms with Crippen LogP contribution in [-0.2, 0) is 18.4 Å². The molecule has 0 unspecified atom stereocenters. The van der Waals surface area contributed by atoms with Crippen molar-refractivity contribution >= 4 is 11.8 Å². The van der Waals surface area contributed by atoms with Crippen LogP contribution in [0.4, 0.5) is 0 Å². The molecule has 3 aromatic rings. The van der Waals surface area contributed by atoms with Gasteiger partial charge in [-0.2, -0.15) is 0 Å². The molecule has 1 fully saturated rings. The molecule has 1 saturated carbocycles. The zero-order valence-electron chi connectivity index (χ0n) is 17.5. The number of benzene rings is 1. The van der Waals surface area contributed by atoms with Crippen LogP contribution in [0.1, 0.15) is 62.3 Å². The Labute approximate surface area is 181 Å². The van der Waals surface area contributed by atoms with Gasteiger partial charge in [-0.05, 0) is 43.4 Å². The summed E-state index contributed by atoms with van der Waals surface area (Å²) in [5.74, 6) is 1.76. The number of furan rings is 1. The van der Waals surface area contributed by atoms with E-state index >= 15 is 0 Å². The maximum absolute atomic E-state index is 14.0. The van der Waals surface area contributed by atoms with Gasteiger partial charge in [0.15, 0.2) is 5.16 Å². The SMILES string of the molecule is CCCCSc1nc2c(c(=O)n1Cc1ccco1)C1(CCCC1)Cc1ccccc1-2. The molecule has 2 aliphatic carbocycles. The van der Waals surface area contributed by atoms with Crippen LogP contribution in [0.2, 0.25) is 0 Å². The lowest BCUT2D eigenvalue weighted by Crippen LogP contribution is -2.40. The first-order valence-electron chi connectivity index (χ1n) is 11.1. The lowest BCUT2D eigenvalue weighted by molar-refractivity contribution is 0.411. The molecule has 0 saturated heterocycles. The molecule has 156 valence electrons. The van der Waals surface area contributed by atoms with Gasteiger partial charge in [-0.25, -0.2) is 4.98 Å². The van der Waals surface area contributed by atoms with Crippen molar-refractivity contribution in [2.75, 3.05) is 5.75 Å². The smallest absolute Gasteiger partial charge is 0.258 e. The van der Waals surface area contributed by atoms with E-state index in [1.54, 1.807) is 18.0 Å². The van der Waals surface area contributed by atoms with Crippen molar-refractivity contribution < 1.29 is 4.42 Å². The van der Waals surface area contributed by atoms with Gasteiger partial charge in [0.25, 0.3) is 5.56 Å². The van der Waals surface area contributed by atoms with Crippen LogP contribution in [0.3, 0.4) is 0 Å². The number of nitrogens with zero attached hydrogens (tertiary/aromatic N) is 2. The Morgan fingerprint density at radius 2 is 2.00 bits per heavy atom. The van der Waals surface area contributed by atoms with E-state index in [9.17, 15) is 4.79 Å². The minimum atomic E-state index is -0.0642. The van der Waals surface area contributed by atoms with Crippen molar-refractivity contribution in [1.29, 1.82) is 0 Å². The Morgan fingerprint density at radius 3 is 2.77 bits per heavy atom. The third-order valence-corrected chi connectivity index (χ3v) is 7.71. The Morgan fingerprint density at radius 1 is 1.17 bits per heavy atom. The highest BCUT2D eigenvalue weighted by molar-refractivity contribution is 7.99. The molecule has 0 radical (unpaired) electrons. The van der Waals surface area contributed by atoms with Crippen LogP contribution in [-0.4, -0.2) is 15.3 Å². The highest BCUT2D eigenvalue weighted by atomic mass is 32.2. The second-order valence-corrected chi connectivity index (χ2v) is 9.67. The molecule has 30 heavy (non-hydrogen) atoms. The predicted molar refractivity (Wildman–Crippen MR) is 121 cm³/mol. The summed E-state index contributed by atoms with van der Waals surface area (Å²) in [5.41, 5.74) is 4.43. The first-order valence-corrected chi connectivity index (χ1v) is 12.1. The van der Waals surface area contributed by atoms with Gasteiger partial charge >= 0.3 is 0 Å². The molecule has 0 amide bonds. The maximum atomic E-state index is 14.0.